The van der Waals surface area contributed by atoms with Gasteiger partial charge in [-0.25, -0.2) is 4.79 Å². The van der Waals surface area contributed by atoms with Gasteiger partial charge in [0.15, 0.2) is 0 Å². The molecule has 1 rings (SSSR count). The van der Waals surface area contributed by atoms with E-state index in [1.165, 1.54) is 19.1 Å². The van der Waals surface area contributed by atoms with Crippen LogP contribution in [0.25, 0.3) is 0 Å². The van der Waals surface area contributed by atoms with Gasteiger partial charge < -0.3 is 4.74 Å². The van der Waals surface area contributed by atoms with Crippen molar-refractivity contribution >= 4 is 58.1 Å². The zero-order valence-corrected chi connectivity index (χ0v) is 15.2. The molecule has 0 heterocycles. The molecular formula is C14H16Cl4N2O2. The molecule has 0 amide bonds. The largest absolute Gasteiger partial charge is 0.463 e. The number of carbonyl (C=O) groups is 1. The second kappa shape index (κ2) is 8.92. The molecule has 0 aliphatic carbocycles. The highest BCUT2D eigenvalue weighted by atomic mass is 35.5. The van der Waals surface area contributed by atoms with Crippen LogP contribution in [-0.4, -0.2) is 17.6 Å². The number of alkyl halides is 1. The lowest BCUT2D eigenvalue weighted by Crippen LogP contribution is -2.28. The first-order chi connectivity index (χ1) is 10.3. The average Bonchev–Trinajstić information content (AvgIpc) is 2.42. The molecule has 1 aromatic rings. The second-order valence-corrected chi connectivity index (χ2v) is 6.70. The van der Waals surface area contributed by atoms with Gasteiger partial charge in [-0.05, 0) is 25.5 Å². The fraction of sp³-hybridized carbons (Fsp3) is 0.500. The zero-order chi connectivity index (χ0) is 16.8. The van der Waals surface area contributed by atoms with Gasteiger partial charge in [0.25, 0.3) is 0 Å². The summed E-state index contributed by atoms with van der Waals surface area (Å²) in [5, 5.41) is 8.43. The van der Waals surface area contributed by atoms with Crippen LogP contribution in [0.15, 0.2) is 22.4 Å². The molecule has 0 bridgehead atoms. The molecule has 1 unspecified atom stereocenters. The molecule has 122 valence electrons. The van der Waals surface area contributed by atoms with Crippen molar-refractivity contribution in [2.75, 3.05) is 6.61 Å². The van der Waals surface area contributed by atoms with E-state index in [1.54, 1.807) is 0 Å². The van der Waals surface area contributed by atoms with E-state index in [4.69, 9.17) is 51.1 Å². The maximum Gasteiger partial charge on any atom is 0.351 e. The first kappa shape index (κ1) is 19.5. The van der Waals surface area contributed by atoms with Gasteiger partial charge in [0.1, 0.15) is 5.69 Å². The summed E-state index contributed by atoms with van der Waals surface area (Å²) in [6, 6.07) is 2.94. The Morgan fingerprint density at radius 2 is 1.82 bits per heavy atom. The highest BCUT2D eigenvalue weighted by molar-refractivity contribution is 6.41. The predicted octanol–water partition coefficient (Wildman–Crippen LogP) is 6.42. The van der Waals surface area contributed by atoms with Gasteiger partial charge in [-0.1, -0.05) is 66.2 Å². The molecule has 0 fully saturated rings. The van der Waals surface area contributed by atoms with Crippen LogP contribution in [0.4, 0.5) is 5.69 Å². The van der Waals surface area contributed by atoms with Gasteiger partial charge in [-0.2, -0.15) is 10.2 Å². The first-order valence-corrected chi connectivity index (χ1v) is 8.22. The van der Waals surface area contributed by atoms with Crippen molar-refractivity contribution in [3.05, 3.63) is 27.2 Å². The van der Waals surface area contributed by atoms with Crippen LogP contribution in [-0.2, 0) is 9.53 Å². The van der Waals surface area contributed by atoms with E-state index >= 15 is 0 Å². The number of hydrogen-bond acceptors (Lipinski definition) is 4. The number of rotatable bonds is 7. The molecule has 0 radical (unpaired) electrons. The van der Waals surface area contributed by atoms with Crippen molar-refractivity contribution in [1.82, 2.24) is 0 Å². The van der Waals surface area contributed by atoms with E-state index in [2.05, 4.69) is 17.2 Å². The Kier molecular flexibility index (Phi) is 7.90. The van der Waals surface area contributed by atoms with Crippen LogP contribution in [0.2, 0.25) is 15.1 Å². The summed E-state index contributed by atoms with van der Waals surface area (Å²) in [5.74, 6) is -0.671. The Balaban J connectivity index is 2.77. The fourth-order valence-corrected chi connectivity index (χ4v) is 2.45. The summed E-state index contributed by atoms with van der Waals surface area (Å²) in [6.07, 6.45) is 2.79. The number of ether oxygens (including phenoxy) is 1. The topological polar surface area (TPSA) is 51.0 Å². The number of azo groups is 1. The second-order valence-electron chi connectivity index (χ2n) is 4.71. The monoisotopic (exact) mass is 384 g/mol. The average molecular weight is 386 g/mol. The van der Waals surface area contributed by atoms with Crippen LogP contribution >= 0.6 is 46.4 Å². The third-order valence-electron chi connectivity index (χ3n) is 2.67. The highest BCUT2D eigenvalue weighted by Gasteiger charge is 2.32. The highest BCUT2D eigenvalue weighted by Crippen LogP contribution is 2.37. The summed E-state index contributed by atoms with van der Waals surface area (Å²) >= 11 is 23.8. The Bertz CT molecular complexity index is 539. The van der Waals surface area contributed by atoms with E-state index in [1.807, 2.05) is 0 Å². The van der Waals surface area contributed by atoms with E-state index < -0.39 is 11.0 Å². The molecule has 0 aliphatic rings. The molecule has 0 spiro atoms. The van der Waals surface area contributed by atoms with Crippen molar-refractivity contribution in [3.63, 3.8) is 0 Å². The molecule has 0 aromatic heterocycles. The number of benzene rings is 1. The normalized spacial score (nSPS) is 14.1. The minimum absolute atomic E-state index is 0.193. The van der Waals surface area contributed by atoms with Gasteiger partial charge in [0, 0.05) is 5.02 Å². The maximum atomic E-state index is 11.9. The Morgan fingerprint density at radius 3 is 2.36 bits per heavy atom. The molecule has 8 heteroatoms. The Hall–Kier alpha value is -0.550. The van der Waals surface area contributed by atoms with Crippen molar-refractivity contribution in [2.45, 2.75) is 38.1 Å². The minimum Gasteiger partial charge on any atom is -0.463 e. The maximum absolute atomic E-state index is 11.9. The van der Waals surface area contributed by atoms with E-state index in [0.29, 0.717) is 11.6 Å². The lowest BCUT2D eigenvalue weighted by atomic mass is 10.3. The number of nitrogens with zero attached hydrogens (tertiary/aromatic N) is 2. The number of unbranched alkanes of at least 4 members (excludes halogenated alkanes) is 2. The van der Waals surface area contributed by atoms with Crippen LogP contribution in [0, 0.1) is 0 Å². The molecule has 0 N–H and O–H groups in total. The van der Waals surface area contributed by atoms with Gasteiger partial charge in [-0.15, -0.1) is 0 Å². The molecule has 0 saturated carbocycles. The summed E-state index contributed by atoms with van der Waals surface area (Å²) < 4.78 is 5.07. The van der Waals surface area contributed by atoms with Crippen molar-refractivity contribution < 1.29 is 9.53 Å². The standard InChI is InChI=1S/C14H16Cl4N2O2/c1-3-4-5-6-22-13(21)14(2,18)20-19-12-10(16)7-9(15)8-11(12)17/h7-8H,3-6H2,1-2H3. The molecule has 22 heavy (non-hydrogen) atoms. The SMILES string of the molecule is CCCCCOC(=O)C(C)(Cl)N=Nc1c(Cl)cc(Cl)cc1Cl. The number of halogens is 4. The van der Waals surface area contributed by atoms with Gasteiger partial charge >= 0.3 is 5.97 Å². The predicted molar refractivity (Wildman–Crippen MR) is 90.7 cm³/mol. The smallest absolute Gasteiger partial charge is 0.351 e. The van der Waals surface area contributed by atoms with Gasteiger partial charge in [-0.3, -0.25) is 0 Å². The van der Waals surface area contributed by atoms with Crippen molar-refractivity contribution in [2.24, 2.45) is 10.2 Å². The van der Waals surface area contributed by atoms with Gasteiger partial charge in [0.05, 0.1) is 16.7 Å². The molecule has 0 aliphatic heterocycles. The molecule has 0 saturated heterocycles. The lowest BCUT2D eigenvalue weighted by Gasteiger charge is -2.14. The zero-order valence-electron chi connectivity index (χ0n) is 12.2. The van der Waals surface area contributed by atoms with E-state index in [-0.39, 0.29) is 15.7 Å². The summed E-state index contributed by atoms with van der Waals surface area (Å²) in [4.78, 5) is 10.2. The van der Waals surface area contributed by atoms with E-state index in [9.17, 15) is 4.79 Å². The summed E-state index contributed by atoms with van der Waals surface area (Å²) in [6.45, 7) is 3.74. The first-order valence-electron chi connectivity index (χ1n) is 6.71. The third kappa shape index (κ3) is 5.92. The molecule has 1 aromatic carbocycles. The number of hydrogen-bond donors (Lipinski definition) is 0. The molecule has 1 atom stereocenters. The van der Waals surface area contributed by atoms with Crippen LogP contribution in [0.3, 0.4) is 0 Å². The third-order valence-corrected chi connectivity index (χ3v) is 3.70. The number of esters is 1. The summed E-state index contributed by atoms with van der Waals surface area (Å²) in [7, 11) is 0. The quantitative estimate of drug-likeness (QED) is 0.179. The van der Waals surface area contributed by atoms with Crippen molar-refractivity contribution in [1.29, 1.82) is 0 Å². The lowest BCUT2D eigenvalue weighted by molar-refractivity contribution is -0.146. The minimum atomic E-state index is -1.64. The van der Waals surface area contributed by atoms with Crippen LogP contribution in [0.1, 0.15) is 33.1 Å². The van der Waals surface area contributed by atoms with Crippen LogP contribution < -0.4 is 0 Å². The van der Waals surface area contributed by atoms with Crippen molar-refractivity contribution in [3.8, 4) is 0 Å². The molecular weight excluding hydrogens is 370 g/mol. The van der Waals surface area contributed by atoms with Crippen LogP contribution in [0.5, 0.6) is 0 Å². The summed E-state index contributed by atoms with van der Waals surface area (Å²) in [5.41, 5.74) is 0.193. The number of carbonyl (C=O) groups excluding carboxylic acids is 1. The van der Waals surface area contributed by atoms with Gasteiger partial charge in [0.2, 0.25) is 5.00 Å². The molecule has 4 nitrogen and oxygen atoms in total. The Morgan fingerprint density at radius 1 is 1.23 bits per heavy atom. The Labute approximate surface area is 149 Å². The van der Waals surface area contributed by atoms with E-state index in [0.717, 1.165) is 19.3 Å². The fourth-order valence-electron chi connectivity index (χ4n) is 1.46.